The standard InChI is InChI=1S/C31H46O3/c1-4-7-8-9-10-11-12-13-14-15-25-34-29-23-21-27(22-24-29)26-17-19-28(20-18-26)30(16-5-2)31(32)33-6-3/h17-24,30H,4-16,25H2,1-3H3. The van der Waals surface area contributed by atoms with Crippen molar-refractivity contribution in [1.82, 2.24) is 0 Å². The number of hydrogen-bond acceptors (Lipinski definition) is 3. The van der Waals surface area contributed by atoms with Gasteiger partial charge in [-0.25, -0.2) is 0 Å². The van der Waals surface area contributed by atoms with Gasteiger partial charge in [0.2, 0.25) is 0 Å². The Kier molecular flexibility index (Phi) is 14.1. The fourth-order valence-electron chi connectivity index (χ4n) is 4.38. The molecule has 0 saturated heterocycles. The van der Waals surface area contributed by atoms with Gasteiger partial charge in [-0.15, -0.1) is 0 Å². The summed E-state index contributed by atoms with van der Waals surface area (Å²) in [5, 5.41) is 0. The molecule has 0 heterocycles. The molecule has 0 fully saturated rings. The maximum Gasteiger partial charge on any atom is 0.313 e. The number of rotatable bonds is 18. The predicted octanol–water partition coefficient (Wildman–Crippen LogP) is 9.10. The van der Waals surface area contributed by atoms with Crippen LogP contribution in [0.25, 0.3) is 11.1 Å². The molecule has 2 aromatic carbocycles. The number of unbranched alkanes of at least 4 members (excludes halogenated alkanes) is 9. The van der Waals surface area contributed by atoms with Crippen LogP contribution in [0.2, 0.25) is 0 Å². The highest BCUT2D eigenvalue weighted by molar-refractivity contribution is 5.78. The molecule has 0 aromatic heterocycles. The van der Waals surface area contributed by atoms with E-state index in [1.807, 2.05) is 6.92 Å². The normalized spacial score (nSPS) is 11.9. The van der Waals surface area contributed by atoms with Gasteiger partial charge < -0.3 is 9.47 Å². The van der Waals surface area contributed by atoms with E-state index in [9.17, 15) is 4.79 Å². The Balaban J connectivity index is 1.72. The molecule has 0 aliphatic rings. The number of hydrogen-bond donors (Lipinski definition) is 0. The van der Waals surface area contributed by atoms with Crippen molar-refractivity contribution < 1.29 is 14.3 Å². The number of carbonyl (C=O) groups excluding carboxylic acids is 1. The van der Waals surface area contributed by atoms with E-state index in [1.165, 1.54) is 57.8 Å². The predicted molar refractivity (Wildman–Crippen MR) is 143 cm³/mol. The Morgan fingerprint density at radius 3 is 1.74 bits per heavy atom. The summed E-state index contributed by atoms with van der Waals surface area (Å²) < 4.78 is 11.2. The third kappa shape index (κ3) is 10.3. The molecule has 188 valence electrons. The molecule has 1 atom stereocenters. The van der Waals surface area contributed by atoms with E-state index < -0.39 is 0 Å². The monoisotopic (exact) mass is 466 g/mol. The van der Waals surface area contributed by atoms with Crippen molar-refractivity contribution in [3.8, 4) is 16.9 Å². The van der Waals surface area contributed by atoms with Gasteiger partial charge in [0.25, 0.3) is 0 Å². The van der Waals surface area contributed by atoms with E-state index in [2.05, 4.69) is 62.4 Å². The Morgan fingerprint density at radius 2 is 1.21 bits per heavy atom. The highest BCUT2D eigenvalue weighted by atomic mass is 16.5. The fraction of sp³-hybridized carbons (Fsp3) is 0.581. The maximum absolute atomic E-state index is 12.3. The van der Waals surface area contributed by atoms with Crippen molar-refractivity contribution in [1.29, 1.82) is 0 Å². The average molecular weight is 467 g/mol. The van der Waals surface area contributed by atoms with Gasteiger partial charge in [-0.2, -0.15) is 0 Å². The zero-order valence-corrected chi connectivity index (χ0v) is 21.8. The Labute approximate surface area is 208 Å². The zero-order chi connectivity index (χ0) is 24.4. The van der Waals surface area contributed by atoms with Gasteiger partial charge in [0.1, 0.15) is 5.75 Å². The largest absolute Gasteiger partial charge is 0.494 e. The number of ether oxygens (including phenoxy) is 2. The lowest BCUT2D eigenvalue weighted by molar-refractivity contribution is -0.145. The number of benzene rings is 2. The summed E-state index contributed by atoms with van der Waals surface area (Å²) in [7, 11) is 0. The molecule has 3 heteroatoms. The van der Waals surface area contributed by atoms with Crippen molar-refractivity contribution in [2.24, 2.45) is 0 Å². The van der Waals surface area contributed by atoms with Crippen LogP contribution in [0, 0.1) is 0 Å². The second kappa shape index (κ2) is 17.2. The third-order valence-electron chi connectivity index (χ3n) is 6.42. The molecular formula is C31H46O3. The van der Waals surface area contributed by atoms with Crippen molar-refractivity contribution in [3.63, 3.8) is 0 Å². The van der Waals surface area contributed by atoms with Gasteiger partial charge in [-0.3, -0.25) is 4.79 Å². The lowest BCUT2D eigenvalue weighted by Crippen LogP contribution is -2.15. The minimum absolute atomic E-state index is 0.124. The molecule has 0 aliphatic heterocycles. The van der Waals surface area contributed by atoms with Gasteiger partial charge >= 0.3 is 5.97 Å². The second-order valence-corrected chi connectivity index (χ2v) is 9.27. The first-order valence-electron chi connectivity index (χ1n) is 13.7. The van der Waals surface area contributed by atoms with E-state index >= 15 is 0 Å². The Morgan fingerprint density at radius 1 is 0.676 bits per heavy atom. The van der Waals surface area contributed by atoms with Crippen LogP contribution in [-0.2, 0) is 9.53 Å². The maximum atomic E-state index is 12.3. The summed E-state index contributed by atoms with van der Waals surface area (Å²) in [6.45, 7) is 7.44. The van der Waals surface area contributed by atoms with Crippen molar-refractivity contribution >= 4 is 5.97 Å². The van der Waals surface area contributed by atoms with E-state index in [-0.39, 0.29) is 11.9 Å². The molecule has 0 aliphatic carbocycles. The molecule has 0 spiro atoms. The van der Waals surface area contributed by atoms with Crippen LogP contribution < -0.4 is 4.74 Å². The lowest BCUT2D eigenvalue weighted by atomic mass is 9.93. The summed E-state index contributed by atoms with van der Waals surface area (Å²) in [4.78, 5) is 12.3. The topological polar surface area (TPSA) is 35.5 Å². The first kappa shape index (κ1) is 28.0. The molecular weight excluding hydrogens is 420 g/mol. The Bertz CT molecular complexity index is 779. The average Bonchev–Trinajstić information content (AvgIpc) is 2.86. The molecule has 0 radical (unpaired) electrons. The Hall–Kier alpha value is -2.29. The van der Waals surface area contributed by atoms with Crippen LogP contribution in [0.3, 0.4) is 0 Å². The molecule has 0 amide bonds. The number of carbonyl (C=O) groups is 1. The first-order valence-corrected chi connectivity index (χ1v) is 13.7. The highest BCUT2D eigenvalue weighted by Gasteiger charge is 2.20. The van der Waals surface area contributed by atoms with Gasteiger partial charge in [0.15, 0.2) is 0 Å². The molecule has 3 nitrogen and oxygen atoms in total. The van der Waals surface area contributed by atoms with Gasteiger partial charge in [0.05, 0.1) is 19.1 Å². The summed E-state index contributed by atoms with van der Waals surface area (Å²) in [6, 6.07) is 16.6. The third-order valence-corrected chi connectivity index (χ3v) is 6.42. The van der Waals surface area contributed by atoms with Crippen LogP contribution in [0.5, 0.6) is 5.75 Å². The van der Waals surface area contributed by atoms with Crippen molar-refractivity contribution in [2.75, 3.05) is 13.2 Å². The minimum Gasteiger partial charge on any atom is -0.494 e. The van der Waals surface area contributed by atoms with Crippen LogP contribution in [0.15, 0.2) is 48.5 Å². The van der Waals surface area contributed by atoms with Crippen LogP contribution >= 0.6 is 0 Å². The minimum atomic E-state index is -0.180. The summed E-state index contributed by atoms with van der Waals surface area (Å²) in [5.74, 6) is 0.628. The SMILES string of the molecule is CCCCCCCCCCCCOc1ccc(-c2ccc(C(CCC)C(=O)OCC)cc2)cc1. The molecule has 0 N–H and O–H groups in total. The lowest BCUT2D eigenvalue weighted by Gasteiger charge is -2.15. The molecule has 2 rings (SSSR count). The van der Waals surface area contributed by atoms with Gasteiger partial charge in [0, 0.05) is 0 Å². The zero-order valence-electron chi connectivity index (χ0n) is 21.8. The van der Waals surface area contributed by atoms with E-state index in [1.54, 1.807) is 0 Å². The first-order chi connectivity index (χ1) is 16.7. The van der Waals surface area contributed by atoms with E-state index in [0.717, 1.165) is 48.3 Å². The summed E-state index contributed by atoms with van der Waals surface area (Å²) in [5.41, 5.74) is 3.32. The second-order valence-electron chi connectivity index (χ2n) is 9.27. The van der Waals surface area contributed by atoms with E-state index in [4.69, 9.17) is 9.47 Å². The van der Waals surface area contributed by atoms with Crippen LogP contribution in [0.1, 0.15) is 109 Å². The quantitative estimate of drug-likeness (QED) is 0.162. The summed E-state index contributed by atoms with van der Waals surface area (Å²) >= 11 is 0. The summed E-state index contributed by atoms with van der Waals surface area (Å²) in [6.07, 6.45) is 15.1. The smallest absolute Gasteiger partial charge is 0.313 e. The van der Waals surface area contributed by atoms with Gasteiger partial charge in [-0.1, -0.05) is 114 Å². The molecule has 0 bridgehead atoms. The fourth-order valence-corrected chi connectivity index (χ4v) is 4.38. The van der Waals surface area contributed by atoms with Gasteiger partial charge in [-0.05, 0) is 48.6 Å². The van der Waals surface area contributed by atoms with Crippen LogP contribution in [0.4, 0.5) is 0 Å². The number of esters is 1. The van der Waals surface area contributed by atoms with Crippen molar-refractivity contribution in [3.05, 3.63) is 54.1 Å². The molecule has 34 heavy (non-hydrogen) atoms. The molecule has 1 unspecified atom stereocenters. The molecule has 0 saturated carbocycles. The molecule has 2 aromatic rings. The van der Waals surface area contributed by atoms with Crippen molar-refractivity contribution in [2.45, 2.75) is 104 Å². The van der Waals surface area contributed by atoms with Crippen LogP contribution in [-0.4, -0.2) is 19.2 Å². The van der Waals surface area contributed by atoms with E-state index in [0.29, 0.717) is 6.61 Å². The highest BCUT2D eigenvalue weighted by Crippen LogP contribution is 2.28.